The molecule has 0 spiro atoms. The van der Waals surface area contributed by atoms with Crippen LogP contribution in [0.25, 0.3) is 0 Å². The third kappa shape index (κ3) is 1.88. The quantitative estimate of drug-likeness (QED) is 0.661. The van der Waals surface area contributed by atoms with Crippen LogP contribution in [-0.2, 0) is 6.54 Å². The maximum atomic E-state index is 5.40. The minimum absolute atomic E-state index is 0.416. The fraction of sp³-hybridized carbons (Fsp3) is 0.429. The Balaban J connectivity index is 3.02. The number of nitrogens with zero attached hydrogens (tertiary/aromatic N) is 2. The van der Waals surface area contributed by atoms with Crippen LogP contribution >= 0.6 is 0 Å². The molecule has 0 amide bonds. The average molecular weight is 153 g/mol. The first-order valence-corrected chi connectivity index (χ1v) is 3.35. The fourth-order valence-corrected chi connectivity index (χ4v) is 0.809. The van der Waals surface area contributed by atoms with E-state index >= 15 is 0 Å². The third-order valence-corrected chi connectivity index (χ3v) is 1.29. The summed E-state index contributed by atoms with van der Waals surface area (Å²) in [7, 11) is 1.57. The summed E-state index contributed by atoms with van der Waals surface area (Å²) in [5, 5.41) is 0. The zero-order valence-corrected chi connectivity index (χ0v) is 6.66. The molecule has 1 rings (SSSR count). The molecule has 0 fully saturated rings. The molecule has 0 saturated carbocycles. The predicted octanol–water partition coefficient (Wildman–Crippen LogP) is 0.252. The predicted molar refractivity (Wildman–Crippen MR) is 41.2 cm³/mol. The van der Waals surface area contributed by atoms with E-state index in [4.69, 9.17) is 10.5 Å². The number of methoxy groups -OCH3 is 1. The van der Waals surface area contributed by atoms with Crippen molar-refractivity contribution >= 4 is 0 Å². The van der Waals surface area contributed by atoms with E-state index in [2.05, 4.69) is 9.97 Å². The van der Waals surface area contributed by atoms with Crippen molar-refractivity contribution in [2.45, 2.75) is 13.5 Å². The molecule has 0 aliphatic rings. The lowest BCUT2D eigenvalue weighted by atomic mass is 10.4. The molecule has 0 aliphatic carbocycles. The van der Waals surface area contributed by atoms with E-state index in [9.17, 15) is 0 Å². The minimum Gasteiger partial charge on any atom is -0.481 e. The SMILES string of the molecule is COc1cc(CN)nc(C)n1. The summed E-state index contributed by atoms with van der Waals surface area (Å²) in [6, 6.07) is 1.73. The summed E-state index contributed by atoms with van der Waals surface area (Å²) in [4.78, 5) is 8.10. The third-order valence-electron chi connectivity index (χ3n) is 1.29. The number of aromatic nitrogens is 2. The largest absolute Gasteiger partial charge is 0.481 e. The molecular weight excluding hydrogens is 142 g/mol. The Kier molecular flexibility index (Phi) is 2.38. The monoisotopic (exact) mass is 153 g/mol. The van der Waals surface area contributed by atoms with Crippen LogP contribution < -0.4 is 10.5 Å². The van der Waals surface area contributed by atoms with Gasteiger partial charge in [0.15, 0.2) is 0 Å². The molecule has 1 heterocycles. The Morgan fingerprint density at radius 1 is 1.55 bits per heavy atom. The summed E-state index contributed by atoms with van der Waals surface area (Å²) in [6.45, 7) is 2.22. The second-order valence-electron chi connectivity index (χ2n) is 2.15. The van der Waals surface area contributed by atoms with E-state index in [1.54, 1.807) is 13.2 Å². The number of nitrogens with two attached hydrogens (primary N) is 1. The van der Waals surface area contributed by atoms with Gasteiger partial charge in [-0.1, -0.05) is 0 Å². The zero-order valence-electron chi connectivity index (χ0n) is 6.66. The van der Waals surface area contributed by atoms with E-state index in [1.807, 2.05) is 6.92 Å². The fourth-order valence-electron chi connectivity index (χ4n) is 0.809. The first-order chi connectivity index (χ1) is 5.26. The Hall–Kier alpha value is -1.16. The van der Waals surface area contributed by atoms with Gasteiger partial charge < -0.3 is 10.5 Å². The van der Waals surface area contributed by atoms with Gasteiger partial charge in [0.05, 0.1) is 12.8 Å². The topological polar surface area (TPSA) is 61.0 Å². The van der Waals surface area contributed by atoms with Crippen molar-refractivity contribution in [3.05, 3.63) is 17.6 Å². The average Bonchev–Trinajstić information content (AvgIpc) is 2.03. The van der Waals surface area contributed by atoms with Crippen LogP contribution in [0.4, 0.5) is 0 Å². The van der Waals surface area contributed by atoms with E-state index in [1.165, 1.54) is 0 Å². The van der Waals surface area contributed by atoms with Gasteiger partial charge in [-0.3, -0.25) is 0 Å². The summed E-state index contributed by atoms with van der Waals surface area (Å²) in [5.74, 6) is 1.25. The lowest BCUT2D eigenvalue weighted by Gasteiger charge is -2.01. The molecular formula is C7H11N3O. The standard InChI is InChI=1S/C7H11N3O/c1-5-9-6(4-8)3-7(10-5)11-2/h3H,4,8H2,1-2H3. The molecule has 60 valence electrons. The Labute approximate surface area is 65.4 Å². The van der Waals surface area contributed by atoms with Gasteiger partial charge in [-0.15, -0.1) is 0 Å². The number of hydrogen-bond acceptors (Lipinski definition) is 4. The molecule has 4 heteroatoms. The van der Waals surface area contributed by atoms with Crippen LogP contribution in [0.2, 0.25) is 0 Å². The molecule has 0 radical (unpaired) electrons. The minimum atomic E-state index is 0.416. The van der Waals surface area contributed by atoms with Gasteiger partial charge in [0.2, 0.25) is 5.88 Å². The highest BCUT2D eigenvalue weighted by Gasteiger charge is 1.98. The smallest absolute Gasteiger partial charge is 0.216 e. The van der Waals surface area contributed by atoms with Crippen molar-refractivity contribution in [3.8, 4) is 5.88 Å². The normalized spacial score (nSPS) is 9.73. The van der Waals surface area contributed by atoms with Crippen molar-refractivity contribution in [2.24, 2.45) is 5.73 Å². The Bertz CT molecular complexity index is 227. The Morgan fingerprint density at radius 2 is 2.27 bits per heavy atom. The van der Waals surface area contributed by atoms with Crippen LogP contribution in [0.1, 0.15) is 11.5 Å². The van der Waals surface area contributed by atoms with Gasteiger partial charge >= 0.3 is 0 Å². The van der Waals surface area contributed by atoms with Crippen molar-refractivity contribution in [1.29, 1.82) is 0 Å². The summed E-state index contributed by atoms with van der Waals surface area (Å²) in [5.41, 5.74) is 6.20. The van der Waals surface area contributed by atoms with Crippen molar-refractivity contribution in [1.82, 2.24) is 9.97 Å². The van der Waals surface area contributed by atoms with E-state index in [0.29, 0.717) is 18.2 Å². The Morgan fingerprint density at radius 3 is 2.82 bits per heavy atom. The molecule has 1 aromatic rings. The molecule has 4 nitrogen and oxygen atoms in total. The second kappa shape index (κ2) is 3.30. The van der Waals surface area contributed by atoms with Gasteiger partial charge in [0.1, 0.15) is 5.82 Å². The van der Waals surface area contributed by atoms with Gasteiger partial charge in [-0.05, 0) is 6.92 Å². The van der Waals surface area contributed by atoms with E-state index in [0.717, 1.165) is 5.69 Å². The maximum absolute atomic E-state index is 5.40. The molecule has 0 unspecified atom stereocenters. The second-order valence-corrected chi connectivity index (χ2v) is 2.15. The number of ether oxygens (including phenoxy) is 1. The highest BCUT2D eigenvalue weighted by Crippen LogP contribution is 2.07. The number of rotatable bonds is 2. The van der Waals surface area contributed by atoms with Crippen LogP contribution in [0, 0.1) is 6.92 Å². The van der Waals surface area contributed by atoms with Gasteiger partial charge in [0, 0.05) is 12.6 Å². The van der Waals surface area contributed by atoms with Crippen LogP contribution in [0.3, 0.4) is 0 Å². The highest BCUT2D eigenvalue weighted by molar-refractivity contribution is 5.15. The molecule has 0 aliphatic heterocycles. The molecule has 11 heavy (non-hydrogen) atoms. The van der Waals surface area contributed by atoms with Crippen molar-refractivity contribution < 1.29 is 4.74 Å². The van der Waals surface area contributed by atoms with E-state index in [-0.39, 0.29) is 0 Å². The molecule has 2 N–H and O–H groups in total. The lowest BCUT2D eigenvalue weighted by Crippen LogP contribution is -2.03. The molecule has 0 saturated heterocycles. The van der Waals surface area contributed by atoms with Crippen LogP contribution in [-0.4, -0.2) is 17.1 Å². The molecule has 0 atom stereocenters. The molecule has 0 bridgehead atoms. The van der Waals surface area contributed by atoms with Gasteiger partial charge in [0.25, 0.3) is 0 Å². The summed E-state index contributed by atoms with van der Waals surface area (Å²) >= 11 is 0. The van der Waals surface area contributed by atoms with Crippen molar-refractivity contribution in [3.63, 3.8) is 0 Å². The van der Waals surface area contributed by atoms with Gasteiger partial charge in [-0.25, -0.2) is 4.98 Å². The summed E-state index contributed by atoms with van der Waals surface area (Å²) in [6.07, 6.45) is 0. The van der Waals surface area contributed by atoms with Crippen molar-refractivity contribution in [2.75, 3.05) is 7.11 Å². The van der Waals surface area contributed by atoms with Crippen LogP contribution in [0.15, 0.2) is 6.07 Å². The highest BCUT2D eigenvalue weighted by atomic mass is 16.5. The van der Waals surface area contributed by atoms with Gasteiger partial charge in [-0.2, -0.15) is 4.98 Å². The van der Waals surface area contributed by atoms with E-state index < -0.39 is 0 Å². The first-order valence-electron chi connectivity index (χ1n) is 3.35. The maximum Gasteiger partial charge on any atom is 0.216 e. The first kappa shape index (κ1) is 7.94. The zero-order chi connectivity index (χ0) is 8.27. The number of aryl methyl sites for hydroxylation is 1. The molecule has 0 aromatic carbocycles. The molecule has 1 aromatic heterocycles. The lowest BCUT2D eigenvalue weighted by molar-refractivity contribution is 0.394. The number of hydrogen-bond donors (Lipinski definition) is 1. The summed E-state index contributed by atoms with van der Waals surface area (Å²) < 4.78 is 4.93. The van der Waals surface area contributed by atoms with Crippen LogP contribution in [0.5, 0.6) is 5.88 Å².